The van der Waals surface area contributed by atoms with Crippen LogP contribution in [0.1, 0.15) is 90.2 Å². The second-order valence-electron chi connectivity index (χ2n) is 11.3. The summed E-state index contributed by atoms with van der Waals surface area (Å²) in [5.74, 6) is -0.895. The Hall–Kier alpha value is -3.04. The highest BCUT2D eigenvalue weighted by atomic mass is 16.6. The lowest BCUT2D eigenvalue weighted by molar-refractivity contribution is -0.152. The molecule has 3 rings (SSSR count). The van der Waals surface area contributed by atoms with Crippen LogP contribution in [0, 0.1) is 12.8 Å². The van der Waals surface area contributed by atoms with Gasteiger partial charge in [-0.3, -0.25) is 14.5 Å². The minimum Gasteiger partial charge on any atom is -0.480 e. The van der Waals surface area contributed by atoms with Gasteiger partial charge in [0.2, 0.25) is 11.8 Å². The number of likely N-dealkylation sites (tertiary alicyclic amines) is 1. The van der Waals surface area contributed by atoms with E-state index in [0.717, 1.165) is 32.1 Å². The number of nitrogens with zero attached hydrogens (tertiary/aromatic N) is 2. The van der Waals surface area contributed by atoms with Crippen molar-refractivity contribution in [3.8, 4) is 0 Å². The van der Waals surface area contributed by atoms with Crippen molar-refractivity contribution in [2.45, 2.75) is 109 Å². The van der Waals surface area contributed by atoms with E-state index in [-0.39, 0.29) is 5.92 Å². The average Bonchev–Trinajstić information content (AvgIpc) is 3.46. The molecule has 4 atom stereocenters. The molecule has 1 aliphatic heterocycles. The van der Waals surface area contributed by atoms with Crippen LogP contribution in [0.25, 0.3) is 0 Å². The number of carboxylic acids is 1. The molecule has 3 amide bonds. The first kappa shape index (κ1) is 28.5. The summed E-state index contributed by atoms with van der Waals surface area (Å²) in [6.45, 7) is 8.60. The van der Waals surface area contributed by atoms with Crippen LogP contribution < -0.4 is 5.32 Å². The Balaban J connectivity index is 1.86. The number of rotatable bonds is 7. The number of hydrogen-bond donors (Lipinski definition) is 2. The van der Waals surface area contributed by atoms with E-state index >= 15 is 0 Å². The molecule has 1 aromatic rings. The number of ether oxygens (including phenoxy) is 1. The van der Waals surface area contributed by atoms with E-state index in [2.05, 4.69) is 5.32 Å². The minimum atomic E-state index is -1.08. The Bertz CT molecular complexity index is 992. The number of furan rings is 1. The van der Waals surface area contributed by atoms with Gasteiger partial charge in [-0.05, 0) is 78.4 Å². The van der Waals surface area contributed by atoms with Crippen molar-refractivity contribution in [3.63, 3.8) is 0 Å². The van der Waals surface area contributed by atoms with E-state index in [1.165, 1.54) is 16.8 Å². The van der Waals surface area contributed by atoms with Gasteiger partial charge in [0, 0.05) is 7.05 Å². The number of hydrogen-bond acceptors (Lipinski definition) is 6. The summed E-state index contributed by atoms with van der Waals surface area (Å²) in [7, 11) is 1.48. The maximum Gasteiger partial charge on any atom is 0.410 e. The first-order chi connectivity index (χ1) is 17.3. The lowest BCUT2D eigenvalue weighted by Crippen LogP contribution is -2.58. The zero-order valence-corrected chi connectivity index (χ0v) is 22.8. The third-order valence-corrected chi connectivity index (χ3v) is 7.34. The van der Waals surface area contributed by atoms with Gasteiger partial charge in [-0.15, -0.1) is 0 Å². The maximum absolute atomic E-state index is 14.1. The zero-order chi connectivity index (χ0) is 27.5. The number of aryl methyl sites for hydroxylation is 1. The molecule has 0 bridgehead atoms. The van der Waals surface area contributed by atoms with Gasteiger partial charge < -0.3 is 24.5 Å². The molecule has 2 aliphatic rings. The summed E-state index contributed by atoms with van der Waals surface area (Å²) < 4.78 is 11.2. The molecule has 2 fully saturated rings. The quantitative estimate of drug-likeness (QED) is 0.556. The van der Waals surface area contributed by atoms with Gasteiger partial charge in [0.05, 0.1) is 6.04 Å². The minimum absolute atomic E-state index is 0.127. The van der Waals surface area contributed by atoms with Gasteiger partial charge in [-0.2, -0.15) is 0 Å². The molecule has 1 aliphatic carbocycles. The lowest BCUT2D eigenvalue weighted by atomic mass is 9.83. The predicted octanol–water partition coefficient (Wildman–Crippen LogP) is 4.03. The Labute approximate surface area is 218 Å². The first-order valence-electron chi connectivity index (χ1n) is 13.2. The summed E-state index contributed by atoms with van der Waals surface area (Å²) in [6, 6.07) is 0.240. The van der Waals surface area contributed by atoms with E-state index in [9.17, 15) is 24.3 Å². The number of carbonyl (C=O) groups excluding carboxylic acids is 3. The highest BCUT2D eigenvalue weighted by Gasteiger charge is 2.47. The monoisotopic (exact) mass is 519 g/mol. The van der Waals surface area contributed by atoms with Crippen LogP contribution in [0.4, 0.5) is 4.79 Å². The number of nitrogens with one attached hydrogen (secondary N) is 1. The van der Waals surface area contributed by atoms with Gasteiger partial charge in [0.15, 0.2) is 0 Å². The summed E-state index contributed by atoms with van der Waals surface area (Å²) in [5, 5.41) is 12.8. The van der Waals surface area contributed by atoms with Crippen LogP contribution in [-0.4, -0.2) is 69.6 Å². The van der Waals surface area contributed by atoms with Crippen LogP contribution in [0.15, 0.2) is 16.5 Å². The Morgan fingerprint density at radius 2 is 1.76 bits per heavy atom. The maximum atomic E-state index is 14.1. The largest absolute Gasteiger partial charge is 0.480 e. The SMILES string of the molecule is Cc1ccc([C@H]2CC[C@@H](C(=O)O)N2C(=O)[C@@H](NC(=O)[C@H](C)N(C)C(=O)OC(C)(C)C)C2CCCCC2)o1. The third-order valence-electron chi connectivity index (χ3n) is 7.34. The van der Waals surface area contributed by atoms with Crippen molar-refractivity contribution < 1.29 is 33.4 Å². The molecular formula is C27H41N3O7. The molecule has 1 saturated carbocycles. The van der Waals surface area contributed by atoms with E-state index < -0.39 is 53.6 Å². The molecule has 10 nitrogen and oxygen atoms in total. The fourth-order valence-corrected chi connectivity index (χ4v) is 5.22. The summed E-state index contributed by atoms with van der Waals surface area (Å²) >= 11 is 0. The molecule has 1 aromatic heterocycles. The molecule has 1 saturated heterocycles. The second-order valence-corrected chi connectivity index (χ2v) is 11.3. The summed E-state index contributed by atoms with van der Waals surface area (Å²) in [4.78, 5) is 54.7. The molecule has 0 spiro atoms. The fraction of sp³-hybridized carbons (Fsp3) is 0.704. The predicted molar refractivity (Wildman–Crippen MR) is 136 cm³/mol. The van der Waals surface area contributed by atoms with Gasteiger partial charge in [-0.25, -0.2) is 9.59 Å². The van der Waals surface area contributed by atoms with Crippen molar-refractivity contribution >= 4 is 23.9 Å². The van der Waals surface area contributed by atoms with Crippen molar-refractivity contribution in [1.82, 2.24) is 15.1 Å². The van der Waals surface area contributed by atoms with Crippen LogP contribution in [0.3, 0.4) is 0 Å². The molecule has 10 heteroatoms. The average molecular weight is 520 g/mol. The van der Waals surface area contributed by atoms with Crippen molar-refractivity contribution in [2.75, 3.05) is 7.05 Å². The molecule has 0 aromatic carbocycles. The molecule has 0 unspecified atom stereocenters. The smallest absolute Gasteiger partial charge is 0.410 e. The molecular weight excluding hydrogens is 478 g/mol. The Morgan fingerprint density at radius 3 is 2.30 bits per heavy atom. The van der Waals surface area contributed by atoms with E-state index in [1.54, 1.807) is 46.8 Å². The summed E-state index contributed by atoms with van der Waals surface area (Å²) in [5.41, 5.74) is -0.719. The van der Waals surface area contributed by atoms with Gasteiger partial charge in [0.25, 0.3) is 0 Å². The summed E-state index contributed by atoms with van der Waals surface area (Å²) in [6.07, 6.45) is 4.54. The first-order valence-corrected chi connectivity index (χ1v) is 13.2. The zero-order valence-electron chi connectivity index (χ0n) is 22.8. The molecule has 206 valence electrons. The highest BCUT2D eigenvalue weighted by Crippen LogP contribution is 2.39. The molecule has 2 heterocycles. The molecule has 37 heavy (non-hydrogen) atoms. The Kier molecular flexibility index (Phi) is 8.92. The number of carbonyl (C=O) groups is 4. The van der Waals surface area contributed by atoms with E-state index in [1.807, 2.05) is 0 Å². The second kappa shape index (κ2) is 11.6. The number of carboxylic acid groups (broad SMARTS) is 1. The van der Waals surface area contributed by atoms with Gasteiger partial charge in [0.1, 0.15) is 35.2 Å². The standard InChI is InChI=1S/C27H41N3O7/c1-16-12-15-21(36-16)19-13-14-20(25(33)34)30(19)24(32)22(18-10-8-7-9-11-18)28-23(31)17(2)29(6)26(35)37-27(3,4)5/h12,15,17-20,22H,7-11,13-14H2,1-6H3,(H,28,31)(H,33,34)/t17-,19+,20-,22-/m0/s1. The van der Waals surface area contributed by atoms with Crippen molar-refractivity contribution in [2.24, 2.45) is 5.92 Å². The van der Waals surface area contributed by atoms with Crippen LogP contribution >= 0.6 is 0 Å². The van der Waals surface area contributed by atoms with E-state index in [4.69, 9.17) is 9.15 Å². The Morgan fingerprint density at radius 1 is 1.11 bits per heavy atom. The van der Waals surface area contributed by atoms with Gasteiger partial charge in [-0.1, -0.05) is 19.3 Å². The van der Waals surface area contributed by atoms with Crippen molar-refractivity contribution in [3.05, 3.63) is 23.7 Å². The third kappa shape index (κ3) is 6.84. The fourth-order valence-electron chi connectivity index (χ4n) is 5.22. The van der Waals surface area contributed by atoms with Gasteiger partial charge >= 0.3 is 12.1 Å². The van der Waals surface area contributed by atoms with E-state index in [0.29, 0.717) is 24.4 Å². The highest BCUT2D eigenvalue weighted by molar-refractivity contribution is 5.93. The van der Waals surface area contributed by atoms with Crippen molar-refractivity contribution in [1.29, 1.82) is 0 Å². The topological polar surface area (TPSA) is 129 Å². The number of likely N-dealkylation sites (N-methyl/N-ethyl adjacent to an activating group) is 1. The van der Waals surface area contributed by atoms with Crippen LogP contribution in [0.2, 0.25) is 0 Å². The number of amides is 3. The van der Waals surface area contributed by atoms with Crippen LogP contribution in [-0.2, 0) is 19.1 Å². The normalized spacial score (nSPS) is 22.3. The number of aliphatic carboxylic acids is 1. The lowest BCUT2D eigenvalue weighted by Gasteiger charge is -2.37. The molecule has 2 N–H and O–H groups in total. The van der Waals surface area contributed by atoms with Crippen LogP contribution in [0.5, 0.6) is 0 Å². The molecule has 0 radical (unpaired) electrons.